The Morgan fingerprint density at radius 2 is 1.96 bits per heavy atom. The molecule has 0 bridgehead atoms. The van der Waals surface area contributed by atoms with E-state index in [1.807, 2.05) is 50.4 Å². The number of rotatable bonds is 4. The molecule has 4 nitrogen and oxygen atoms in total. The maximum atomic E-state index is 12.8. The fourth-order valence-corrected chi connectivity index (χ4v) is 3.47. The van der Waals surface area contributed by atoms with E-state index in [1.54, 1.807) is 4.90 Å². The molecule has 1 atom stereocenters. The normalized spacial score (nSPS) is 14.2. The lowest BCUT2D eigenvalue weighted by Gasteiger charge is -2.34. The number of likely N-dealkylation sites (N-methyl/N-ethyl adjacent to an activating group) is 1. The summed E-state index contributed by atoms with van der Waals surface area (Å²) in [5.41, 5.74) is 10.2. The molecular weight excluding hydrogens is 369 g/mol. The Morgan fingerprint density at radius 1 is 1.27 bits per heavy atom. The number of carbonyl (C=O) groups excluding carboxylic acids is 1. The second-order valence-electron chi connectivity index (χ2n) is 6.60. The molecule has 0 aromatic heterocycles. The van der Waals surface area contributed by atoms with Gasteiger partial charge < -0.3 is 15.5 Å². The van der Waals surface area contributed by atoms with Crippen molar-refractivity contribution in [1.29, 1.82) is 0 Å². The molecule has 2 N–H and O–H groups in total. The molecule has 6 heteroatoms. The van der Waals surface area contributed by atoms with Crippen LogP contribution in [0.25, 0.3) is 0 Å². The van der Waals surface area contributed by atoms with Crippen molar-refractivity contribution in [3.63, 3.8) is 0 Å². The van der Waals surface area contributed by atoms with Crippen LogP contribution in [0.3, 0.4) is 0 Å². The molecule has 0 fully saturated rings. The minimum atomic E-state index is -0.00475. The molecule has 26 heavy (non-hydrogen) atoms. The largest absolute Gasteiger partial charge is 0.398 e. The lowest BCUT2D eigenvalue weighted by atomic mass is 10.00. The topological polar surface area (TPSA) is 49.6 Å². The monoisotopic (exact) mass is 393 g/mol. The standard InChI is InChI=1S/C20H24ClN3O.ClH/c1-14(15-8-10-16(21)11-9-15)23(2)20(25)13-24-12-4-5-17-18(22)6-3-7-19(17)24;/h3,6-11,14H,4-5,12-13,22H2,1-2H3;1H. The number of nitrogens with zero attached hydrogens (tertiary/aromatic N) is 2. The van der Waals surface area contributed by atoms with Gasteiger partial charge in [0.05, 0.1) is 12.6 Å². The zero-order valence-corrected chi connectivity index (χ0v) is 16.7. The Balaban J connectivity index is 0.00000243. The summed E-state index contributed by atoms with van der Waals surface area (Å²) in [6.45, 7) is 3.28. The zero-order chi connectivity index (χ0) is 18.0. The van der Waals surface area contributed by atoms with Crippen LogP contribution in [0.4, 0.5) is 11.4 Å². The first-order chi connectivity index (χ1) is 12.0. The van der Waals surface area contributed by atoms with Gasteiger partial charge in [0.15, 0.2) is 0 Å². The summed E-state index contributed by atoms with van der Waals surface area (Å²) in [6.07, 6.45) is 1.99. The van der Waals surface area contributed by atoms with Crippen molar-refractivity contribution in [2.45, 2.75) is 25.8 Å². The fourth-order valence-electron chi connectivity index (χ4n) is 3.35. The Hall–Kier alpha value is -1.91. The first-order valence-electron chi connectivity index (χ1n) is 8.61. The van der Waals surface area contributed by atoms with Gasteiger partial charge in [0.25, 0.3) is 0 Å². The van der Waals surface area contributed by atoms with Crippen molar-refractivity contribution < 1.29 is 4.79 Å². The molecule has 1 unspecified atom stereocenters. The molecule has 1 aliphatic heterocycles. The van der Waals surface area contributed by atoms with Crippen LogP contribution in [0.15, 0.2) is 42.5 Å². The number of nitrogen functional groups attached to an aromatic ring is 1. The highest BCUT2D eigenvalue weighted by Crippen LogP contribution is 2.31. The van der Waals surface area contributed by atoms with Crippen molar-refractivity contribution >= 4 is 41.3 Å². The minimum absolute atomic E-state index is 0. The van der Waals surface area contributed by atoms with Crippen molar-refractivity contribution in [2.24, 2.45) is 0 Å². The summed E-state index contributed by atoms with van der Waals surface area (Å²) in [6, 6.07) is 13.6. The highest BCUT2D eigenvalue weighted by molar-refractivity contribution is 6.30. The number of hydrogen-bond donors (Lipinski definition) is 1. The van der Waals surface area contributed by atoms with E-state index in [4.69, 9.17) is 17.3 Å². The number of anilines is 2. The fraction of sp³-hybridized carbons (Fsp3) is 0.350. The van der Waals surface area contributed by atoms with E-state index in [2.05, 4.69) is 11.0 Å². The average molecular weight is 394 g/mol. The van der Waals surface area contributed by atoms with Gasteiger partial charge >= 0.3 is 0 Å². The quantitative estimate of drug-likeness (QED) is 0.786. The molecule has 1 heterocycles. The van der Waals surface area contributed by atoms with Crippen LogP contribution in [0.2, 0.25) is 5.02 Å². The smallest absolute Gasteiger partial charge is 0.242 e. The summed E-state index contributed by atoms with van der Waals surface area (Å²) in [5.74, 6) is 0.0951. The second kappa shape index (κ2) is 8.65. The van der Waals surface area contributed by atoms with Gasteiger partial charge in [0.2, 0.25) is 5.91 Å². The summed E-state index contributed by atoms with van der Waals surface area (Å²) in [4.78, 5) is 16.8. The zero-order valence-electron chi connectivity index (χ0n) is 15.1. The van der Waals surface area contributed by atoms with Crippen LogP contribution in [-0.2, 0) is 11.2 Å². The number of amides is 1. The highest BCUT2D eigenvalue weighted by atomic mass is 35.5. The van der Waals surface area contributed by atoms with Crippen molar-refractivity contribution in [3.05, 3.63) is 58.6 Å². The minimum Gasteiger partial charge on any atom is -0.398 e. The van der Waals surface area contributed by atoms with Crippen LogP contribution in [0.1, 0.15) is 30.5 Å². The van der Waals surface area contributed by atoms with Crippen molar-refractivity contribution in [1.82, 2.24) is 4.90 Å². The number of fused-ring (bicyclic) bond motifs is 1. The number of hydrogen-bond acceptors (Lipinski definition) is 3. The molecule has 0 spiro atoms. The van der Waals surface area contributed by atoms with E-state index in [-0.39, 0.29) is 24.4 Å². The Bertz CT molecular complexity index is 764. The number of halogens is 2. The maximum absolute atomic E-state index is 12.8. The van der Waals surface area contributed by atoms with E-state index in [0.717, 1.165) is 41.9 Å². The van der Waals surface area contributed by atoms with Crippen LogP contribution in [-0.4, -0.2) is 30.9 Å². The molecule has 1 aliphatic rings. The molecule has 0 saturated carbocycles. The number of nitrogens with two attached hydrogens (primary N) is 1. The predicted molar refractivity (Wildman–Crippen MR) is 111 cm³/mol. The van der Waals surface area contributed by atoms with E-state index >= 15 is 0 Å². The van der Waals surface area contributed by atoms with E-state index in [0.29, 0.717) is 11.6 Å². The van der Waals surface area contributed by atoms with Gasteiger partial charge in [-0.15, -0.1) is 12.4 Å². The third-order valence-corrected chi connectivity index (χ3v) is 5.29. The van der Waals surface area contributed by atoms with Gasteiger partial charge in [-0.2, -0.15) is 0 Å². The Kier molecular flexibility index (Phi) is 6.79. The average Bonchev–Trinajstić information content (AvgIpc) is 2.62. The van der Waals surface area contributed by atoms with Crippen LogP contribution in [0.5, 0.6) is 0 Å². The van der Waals surface area contributed by atoms with Gasteiger partial charge in [-0.1, -0.05) is 29.8 Å². The lowest BCUT2D eigenvalue weighted by molar-refractivity contribution is -0.130. The number of carbonyl (C=O) groups is 1. The molecule has 1 amide bonds. The summed E-state index contributed by atoms with van der Waals surface area (Å²) in [7, 11) is 1.85. The van der Waals surface area contributed by atoms with Gasteiger partial charge in [-0.3, -0.25) is 4.79 Å². The van der Waals surface area contributed by atoms with Crippen molar-refractivity contribution in [2.75, 3.05) is 30.8 Å². The highest BCUT2D eigenvalue weighted by Gasteiger charge is 2.24. The van der Waals surface area contributed by atoms with Gasteiger partial charge in [-0.25, -0.2) is 0 Å². The van der Waals surface area contributed by atoms with E-state index in [9.17, 15) is 4.79 Å². The van der Waals surface area contributed by atoms with Crippen LogP contribution < -0.4 is 10.6 Å². The molecule has 2 aromatic carbocycles. The third-order valence-electron chi connectivity index (χ3n) is 5.04. The summed E-state index contributed by atoms with van der Waals surface area (Å²) < 4.78 is 0. The first kappa shape index (κ1) is 20.4. The third kappa shape index (κ3) is 4.25. The molecule has 0 aliphatic carbocycles. The maximum Gasteiger partial charge on any atom is 0.242 e. The van der Waals surface area contributed by atoms with E-state index < -0.39 is 0 Å². The Morgan fingerprint density at radius 3 is 2.65 bits per heavy atom. The predicted octanol–water partition coefficient (Wildman–Crippen LogP) is 4.32. The van der Waals surface area contributed by atoms with Crippen LogP contribution >= 0.6 is 24.0 Å². The SMILES string of the molecule is CC(c1ccc(Cl)cc1)N(C)C(=O)CN1CCCc2c(N)cccc21.Cl. The Labute approximate surface area is 166 Å². The second-order valence-corrected chi connectivity index (χ2v) is 7.04. The van der Waals surface area contributed by atoms with Gasteiger partial charge in [0.1, 0.15) is 0 Å². The van der Waals surface area contributed by atoms with E-state index in [1.165, 1.54) is 0 Å². The summed E-state index contributed by atoms with van der Waals surface area (Å²) in [5, 5.41) is 0.701. The molecule has 2 aromatic rings. The molecule has 140 valence electrons. The first-order valence-corrected chi connectivity index (χ1v) is 8.98. The molecular formula is C20H25Cl2N3O. The lowest BCUT2D eigenvalue weighted by Crippen LogP contribution is -2.41. The molecule has 3 rings (SSSR count). The van der Waals surface area contributed by atoms with Crippen LogP contribution in [0, 0.1) is 0 Å². The van der Waals surface area contributed by atoms with Gasteiger partial charge in [0, 0.05) is 30.0 Å². The molecule has 0 radical (unpaired) electrons. The van der Waals surface area contributed by atoms with Crippen molar-refractivity contribution in [3.8, 4) is 0 Å². The van der Waals surface area contributed by atoms with Gasteiger partial charge in [-0.05, 0) is 55.2 Å². The number of benzene rings is 2. The summed E-state index contributed by atoms with van der Waals surface area (Å²) >= 11 is 5.95. The molecule has 0 saturated heterocycles.